The molecule has 26 heavy (non-hydrogen) atoms. The number of nitrogens with one attached hydrogen (secondary N) is 1. The second-order valence-electron chi connectivity index (χ2n) is 5.37. The van der Waals surface area contributed by atoms with E-state index in [9.17, 15) is 13.6 Å². The normalized spacial score (nSPS) is 11.4. The Balaban J connectivity index is 1.62. The number of carbonyl (C=O) groups excluding carboxylic acids is 1. The van der Waals surface area contributed by atoms with Crippen LogP contribution in [-0.4, -0.2) is 31.8 Å². The van der Waals surface area contributed by atoms with Gasteiger partial charge in [-0.05, 0) is 30.3 Å². The average Bonchev–Trinajstić information content (AvgIpc) is 3.11. The summed E-state index contributed by atoms with van der Waals surface area (Å²) in [4.78, 5) is 13.1. The smallest absolute Gasteiger partial charge is 0.263 e. The third-order valence-electron chi connectivity index (χ3n) is 3.46. The highest BCUT2D eigenvalue weighted by atomic mass is 19.2. The van der Waals surface area contributed by atoms with E-state index in [1.54, 1.807) is 6.92 Å². The third kappa shape index (κ3) is 4.12. The lowest BCUT2D eigenvalue weighted by Gasteiger charge is -2.03. The maximum Gasteiger partial charge on any atom is 0.263 e. The lowest BCUT2D eigenvalue weighted by molar-refractivity contribution is -0.122. The molecule has 3 aromatic rings. The van der Waals surface area contributed by atoms with Crippen molar-refractivity contribution in [2.45, 2.75) is 13.5 Å². The van der Waals surface area contributed by atoms with E-state index >= 15 is 0 Å². The number of hydrogen-bond acceptors (Lipinski definition) is 5. The van der Waals surface area contributed by atoms with Crippen LogP contribution in [0.5, 0.6) is 0 Å². The highest BCUT2D eigenvalue weighted by Crippen LogP contribution is 2.12. The Kier molecular flexibility index (Phi) is 5.07. The highest BCUT2D eigenvalue weighted by molar-refractivity contribution is 5.99. The lowest BCUT2D eigenvalue weighted by Crippen LogP contribution is -2.25. The summed E-state index contributed by atoms with van der Waals surface area (Å²) in [6.07, 6.45) is 0. The maximum atomic E-state index is 13.2. The molecular formula is C17H14F2N6O. The van der Waals surface area contributed by atoms with Gasteiger partial charge >= 0.3 is 0 Å². The molecule has 0 aliphatic rings. The zero-order chi connectivity index (χ0) is 18.5. The first-order chi connectivity index (χ1) is 12.5. The van der Waals surface area contributed by atoms with Gasteiger partial charge in [-0.2, -0.15) is 9.90 Å². The first-order valence-electron chi connectivity index (χ1n) is 7.65. The summed E-state index contributed by atoms with van der Waals surface area (Å²) in [5, 5.41) is 15.7. The Morgan fingerprint density at radius 1 is 1.15 bits per heavy atom. The van der Waals surface area contributed by atoms with Gasteiger partial charge in [0.1, 0.15) is 6.54 Å². The molecule has 1 aromatic heterocycles. The molecule has 7 nitrogen and oxygen atoms in total. The van der Waals surface area contributed by atoms with Gasteiger partial charge in [-0.25, -0.2) is 14.2 Å². The van der Waals surface area contributed by atoms with Crippen LogP contribution in [0.2, 0.25) is 0 Å². The molecule has 1 heterocycles. The lowest BCUT2D eigenvalue weighted by atomic mass is 10.1. The average molecular weight is 356 g/mol. The van der Waals surface area contributed by atoms with Gasteiger partial charge in [-0.3, -0.25) is 4.79 Å². The highest BCUT2D eigenvalue weighted by Gasteiger charge is 2.09. The largest absolute Gasteiger partial charge is 0.271 e. The van der Waals surface area contributed by atoms with Crippen molar-refractivity contribution in [2.24, 2.45) is 5.10 Å². The van der Waals surface area contributed by atoms with Crippen LogP contribution in [0.3, 0.4) is 0 Å². The van der Waals surface area contributed by atoms with E-state index in [0.29, 0.717) is 17.1 Å². The fraction of sp³-hybridized carbons (Fsp3) is 0.118. The van der Waals surface area contributed by atoms with Crippen LogP contribution in [0, 0.1) is 11.6 Å². The molecule has 0 radical (unpaired) electrons. The molecule has 0 aliphatic heterocycles. The number of carbonyl (C=O) groups is 1. The number of nitrogens with zero attached hydrogens (tertiary/aromatic N) is 5. The van der Waals surface area contributed by atoms with Crippen LogP contribution in [-0.2, 0) is 11.3 Å². The summed E-state index contributed by atoms with van der Waals surface area (Å²) in [6, 6.07) is 12.6. The summed E-state index contributed by atoms with van der Waals surface area (Å²) in [6.45, 7) is 1.38. The number of rotatable bonds is 5. The predicted molar refractivity (Wildman–Crippen MR) is 90.0 cm³/mol. The number of halogens is 2. The number of hydrazone groups is 1. The Morgan fingerprint density at radius 2 is 1.92 bits per heavy atom. The van der Waals surface area contributed by atoms with E-state index in [2.05, 4.69) is 25.9 Å². The quantitative estimate of drug-likeness (QED) is 0.561. The van der Waals surface area contributed by atoms with Gasteiger partial charge in [0.05, 0.1) is 5.71 Å². The molecule has 0 fully saturated rings. The predicted octanol–water partition coefficient (Wildman–Crippen LogP) is 2.16. The monoisotopic (exact) mass is 356 g/mol. The Labute approximate surface area is 147 Å². The van der Waals surface area contributed by atoms with Crippen molar-refractivity contribution in [3.8, 4) is 11.4 Å². The van der Waals surface area contributed by atoms with Crippen LogP contribution < -0.4 is 5.43 Å². The molecule has 2 aromatic carbocycles. The van der Waals surface area contributed by atoms with Crippen molar-refractivity contribution < 1.29 is 13.6 Å². The van der Waals surface area contributed by atoms with Gasteiger partial charge in [0.15, 0.2) is 11.6 Å². The molecule has 0 unspecified atom stereocenters. The number of hydrogen-bond donors (Lipinski definition) is 1. The molecule has 0 aliphatic carbocycles. The van der Waals surface area contributed by atoms with Crippen LogP contribution >= 0.6 is 0 Å². The molecule has 3 rings (SSSR count). The first-order valence-corrected chi connectivity index (χ1v) is 7.65. The van der Waals surface area contributed by atoms with Crippen molar-refractivity contribution in [1.82, 2.24) is 25.6 Å². The summed E-state index contributed by atoms with van der Waals surface area (Å²) in [5.41, 5.74) is 3.78. The fourth-order valence-electron chi connectivity index (χ4n) is 2.11. The van der Waals surface area contributed by atoms with Crippen LogP contribution in [0.15, 0.2) is 53.6 Å². The standard InChI is InChI=1S/C17H14F2N6O/c1-11(13-7-8-14(18)15(19)9-13)20-21-16(26)10-25-23-17(22-24-25)12-5-3-2-4-6-12/h2-9H,10H2,1H3,(H,21,26)/b20-11+. The minimum Gasteiger partial charge on any atom is -0.271 e. The second kappa shape index (κ2) is 7.60. The molecule has 0 bridgehead atoms. The molecule has 1 amide bonds. The van der Waals surface area contributed by atoms with E-state index in [1.165, 1.54) is 6.07 Å². The Morgan fingerprint density at radius 3 is 2.65 bits per heavy atom. The number of tetrazole rings is 1. The summed E-state index contributed by atoms with van der Waals surface area (Å²) in [5.74, 6) is -2.01. The van der Waals surface area contributed by atoms with Crippen molar-refractivity contribution in [3.63, 3.8) is 0 Å². The van der Waals surface area contributed by atoms with Crippen LogP contribution in [0.4, 0.5) is 8.78 Å². The van der Waals surface area contributed by atoms with E-state index in [0.717, 1.165) is 22.5 Å². The minimum absolute atomic E-state index is 0.186. The number of aromatic nitrogens is 4. The zero-order valence-electron chi connectivity index (χ0n) is 13.7. The van der Waals surface area contributed by atoms with Gasteiger partial charge in [-0.1, -0.05) is 30.3 Å². The van der Waals surface area contributed by atoms with Gasteiger partial charge in [0.2, 0.25) is 5.82 Å². The summed E-state index contributed by atoms with van der Waals surface area (Å²) >= 11 is 0. The SMILES string of the molecule is C/C(=N\NC(=O)Cn1nnc(-c2ccccc2)n1)c1ccc(F)c(F)c1. The van der Waals surface area contributed by atoms with Gasteiger partial charge < -0.3 is 0 Å². The first kappa shape index (κ1) is 17.3. The minimum atomic E-state index is -0.983. The van der Waals surface area contributed by atoms with Crippen molar-refractivity contribution in [1.29, 1.82) is 0 Å². The van der Waals surface area contributed by atoms with Gasteiger partial charge in [-0.15, -0.1) is 10.2 Å². The molecular weight excluding hydrogens is 342 g/mol. The molecule has 132 valence electrons. The van der Waals surface area contributed by atoms with E-state index < -0.39 is 17.5 Å². The Bertz CT molecular complexity index is 955. The van der Waals surface area contributed by atoms with Gasteiger partial charge in [0, 0.05) is 11.1 Å². The fourth-order valence-corrected chi connectivity index (χ4v) is 2.11. The molecule has 0 atom stereocenters. The topological polar surface area (TPSA) is 85.1 Å². The Hall–Kier alpha value is -3.49. The molecule has 9 heteroatoms. The van der Waals surface area contributed by atoms with Crippen molar-refractivity contribution >= 4 is 11.6 Å². The number of amides is 1. The zero-order valence-corrected chi connectivity index (χ0v) is 13.7. The van der Waals surface area contributed by atoms with Crippen LogP contribution in [0.1, 0.15) is 12.5 Å². The summed E-state index contributed by atoms with van der Waals surface area (Å²) < 4.78 is 26.2. The molecule has 0 saturated heterocycles. The van der Waals surface area contributed by atoms with E-state index in [4.69, 9.17) is 0 Å². The van der Waals surface area contributed by atoms with E-state index in [1.807, 2.05) is 30.3 Å². The maximum absolute atomic E-state index is 13.2. The molecule has 0 spiro atoms. The second-order valence-corrected chi connectivity index (χ2v) is 5.37. The van der Waals surface area contributed by atoms with Crippen molar-refractivity contribution in [3.05, 3.63) is 65.7 Å². The number of benzene rings is 2. The van der Waals surface area contributed by atoms with Crippen molar-refractivity contribution in [2.75, 3.05) is 0 Å². The van der Waals surface area contributed by atoms with Gasteiger partial charge in [0.25, 0.3) is 5.91 Å². The molecule has 1 N–H and O–H groups in total. The van der Waals surface area contributed by atoms with Crippen LogP contribution in [0.25, 0.3) is 11.4 Å². The summed E-state index contributed by atoms with van der Waals surface area (Å²) in [7, 11) is 0. The molecule has 0 saturated carbocycles. The third-order valence-corrected chi connectivity index (χ3v) is 3.46. The van der Waals surface area contributed by atoms with E-state index in [-0.39, 0.29) is 6.54 Å².